The molecule has 15 heavy (non-hydrogen) atoms. The van der Waals surface area contributed by atoms with Gasteiger partial charge in [-0.3, -0.25) is 0 Å². The van der Waals surface area contributed by atoms with E-state index in [1.165, 1.54) is 6.92 Å². The highest BCUT2D eigenvalue weighted by Crippen LogP contribution is 2.27. The minimum absolute atomic E-state index is 0.0511. The van der Waals surface area contributed by atoms with Crippen molar-refractivity contribution in [2.24, 2.45) is 5.73 Å². The number of rotatable bonds is 4. The molecule has 1 rings (SSSR count). The monoisotopic (exact) mass is 213 g/mol. The third kappa shape index (κ3) is 3.27. The molecule has 0 aliphatic carbocycles. The van der Waals surface area contributed by atoms with Crippen LogP contribution in [0.15, 0.2) is 30.3 Å². The van der Waals surface area contributed by atoms with Crippen molar-refractivity contribution in [3.8, 4) is 0 Å². The van der Waals surface area contributed by atoms with Crippen LogP contribution < -0.4 is 5.73 Å². The summed E-state index contributed by atoms with van der Waals surface area (Å²) in [5.41, 5.74) is 5.19. The first-order valence-corrected chi connectivity index (χ1v) is 5.05. The fourth-order valence-electron chi connectivity index (χ4n) is 1.65. The maximum atomic E-state index is 12.6. The molecule has 0 aliphatic heterocycles. The number of hydrogen-bond donors (Lipinski definition) is 1. The molecule has 1 aromatic carbocycles. The van der Waals surface area contributed by atoms with E-state index in [1.54, 1.807) is 0 Å². The lowest BCUT2D eigenvalue weighted by Gasteiger charge is -2.27. The minimum Gasteiger partial charge on any atom is -0.321 e. The zero-order valence-electron chi connectivity index (χ0n) is 9.08. The Morgan fingerprint density at radius 1 is 1.27 bits per heavy atom. The van der Waals surface area contributed by atoms with Gasteiger partial charge in [-0.2, -0.15) is 0 Å². The lowest BCUT2D eigenvalue weighted by Crippen LogP contribution is -2.44. The third-order valence-electron chi connectivity index (χ3n) is 2.61. The molecule has 2 unspecified atom stereocenters. The first-order valence-electron chi connectivity index (χ1n) is 5.05. The second-order valence-electron chi connectivity index (χ2n) is 4.32. The van der Waals surface area contributed by atoms with Crippen LogP contribution in [0.3, 0.4) is 0 Å². The second-order valence-corrected chi connectivity index (χ2v) is 4.32. The summed E-state index contributed by atoms with van der Waals surface area (Å²) in [6.45, 7) is 3.32. The average Bonchev–Trinajstić information content (AvgIpc) is 2.18. The number of benzene rings is 1. The Hall–Kier alpha value is -0.960. The summed E-state index contributed by atoms with van der Waals surface area (Å²) in [4.78, 5) is 0. The zero-order chi connectivity index (χ0) is 11.5. The summed E-state index contributed by atoms with van der Waals surface area (Å²) >= 11 is 0. The molecule has 0 fully saturated rings. The quantitative estimate of drug-likeness (QED) is 0.816. The number of nitrogens with two attached hydrogens (primary N) is 1. The molecule has 0 aromatic heterocycles. The van der Waals surface area contributed by atoms with Crippen LogP contribution in [0.4, 0.5) is 8.78 Å². The Balaban J connectivity index is 2.68. The minimum atomic E-state index is -2.48. The van der Waals surface area contributed by atoms with Gasteiger partial charge in [-0.1, -0.05) is 37.3 Å². The van der Waals surface area contributed by atoms with Crippen LogP contribution in [0, 0.1) is 0 Å². The summed E-state index contributed by atoms with van der Waals surface area (Å²) in [7, 11) is 0. The fourth-order valence-corrected chi connectivity index (χ4v) is 1.65. The van der Waals surface area contributed by atoms with Crippen LogP contribution in [0.5, 0.6) is 0 Å². The van der Waals surface area contributed by atoms with Crippen molar-refractivity contribution in [1.82, 2.24) is 0 Å². The van der Waals surface area contributed by atoms with Gasteiger partial charge in [0.25, 0.3) is 6.43 Å². The fraction of sp³-hybridized carbons (Fsp3) is 0.500. The lowest BCUT2D eigenvalue weighted by atomic mass is 9.87. The normalized spacial score (nSPS) is 17.5. The molecule has 0 heterocycles. The molecule has 0 amide bonds. The van der Waals surface area contributed by atoms with Crippen LogP contribution in [-0.4, -0.2) is 12.0 Å². The Morgan fingerprint density at radius 3 is 2.27 bits per heavy atom. The predicted molar refractivity (Wildman–Crippen MR) is 58.1 cm³/mol. The van der Waals surface area contributed by atoms with E-state index in [-0.39, 0.29) is 12.3 Å². The van der Waals surface area contributed by atoms with Crippen molar-refractivity contribution >= 4 is 0 Å². The van der Waals surface area contributed by atoms with Crippen molar-refractivity contribution in [1.29, 1.82) is 0 Å². The standard InChI is InChI=1S/C12H17F2N/c1-9(8-12(2,15)11(13)14)10-6-4-3-5-7-10/h3-7,9,11H,8,15H2,1-2H3. The van der Waals surface area contributed by atoms with Gasteiger partial charge in [0, 0.05) is 0 Å². The Bertz CT molecular complexity index is 296. The average molecular weight is 213 g/mol. The van der Waals surface area contributed by atoms with Gasteiger partial charge in [0.15, 0.2) is 0 Å². The van der Waals surface area contributed by atoms with E-state index in [4.69, 9.17) is 5.73 Å². The first kappa shape index (κ1) is 12.1. The number of halogens is 2. The van der Waals surface area contributed by atoms with Crippen molar-refractivity contribution < 1.29 is 8.78 Å². The van der Waals surface area contributed by atoms with Crippen LogP contribution in [0.1, 0.15) is 31.7 Å². The SMILES string of the molecule is CC(CC(C)(N)C(F)F)c1ccccc1. The van der Waals surface area contributed by atoms with Crippen molar-refractivity contribution in [3.63, 3.8) is 0 Å². The molecule has 2 N–H and O–H groups in total. The summed E-state index contributed by atoms with van der Waals surface area (Å²) in [6, 6.07) is 9.59. The maximum Gasteiger partial charge on any atom is 0.256 e. The maximum absolute atomic E-state index is 12.6. The van der Waals surface area contributed by atoms with Crippen molar-refractivity contribution in [2.45, 2.75) is 38.2 Å². The Labute approximate surface area is 89.3 Å². The topological polar surface area (TPSA) is 26.0 Å². The zero-order valence-corrected chi connectivity index (χ0v) is 9.08. The second kappa shape index (κ2) is 4.71. The highest BCUT2D eigenvalue weighted by Gasteiger charge is 2.32. The third-order valence-corrected chi connectivity index (χ3v) is 2.61. The Kier molecular flexibility index (Phi) is 3.80. The van der Waals surface area contributed by atoms with Crippen LogP contribution in [0.25, 0.3) is 0 Å². The molecule has 0 aliphatic rings. The number of hydrogen-bond acceptors (Lipinski definition) is 1. The van der Waals surface area contributed by atoms with E-state index in [0.29, 0.717) is 0 Å². The molecule has 0 saturated heterocycles. The van der Waals surface area contributed by atoms with Gasteiger partial charge in [-0.25, -0.2) is 8.78 Å². The summed E-state index contributed by atoms with van der Waals surface area (Å²) in [5, 5.41) is 0. The molecule has 0 bridgehead atoms. The molecular formula is C12H17F2N. The largest absolute Gasteiger partial charge is 0.321 e. The van der Waals surface area contributed by atoms with Crippen LogP contribution >= 0.6 is 0 Å². The smallest absolute Gasteiger partial charge is 0.256 e. The van der Waals surface area contributed by atoms with Gasteiger partial charge >= 0.3 is 0 Å². The van der Waals surface area contributed by atoms with Gasteiger partial charge < -0.3 is 5.73 Å². The molecule has 0 spiro atoms. The van der Waals surface area contributed by atoms with E-state index >= 15 is 0 Å². The first-order chi connectivity index (χ1) is 6.93. The van der Waals surface area contributed by atoms with Gasteiger partial charge in [0.05, 0.1) is 5.54 Å². The van der Waals surface area contributed by atoms with E-state index < -0.39 is 12.0 Å². The van der Waals surface area contributed by atoms with Gasteiger partial charge in [0.2, 0.25) is 0 Å². The van der Waals surface area contributed by atoms with E-state index in [9.17, 15) is 8.78 Å². The molecule has 1 nitrogen and oxygen atoms in total. The highest BCUT2D eigenvalue weighted by atomic mass is 19.3. The van der Waals surface area contributed by atoms with Gasteiger partial charge in [-0.05, 0) is 24.8 Å². The van der Waals surface area contributed by atoms with Crippen molar-refractivity contribution in [3.05, 3.63) is 35.9 Å². The lowest BCUT2D eigenvalue weighted by molar-refractivity contribution is 0.0556. The summed E-state index contributed by atoms with van der Waals surface area (Å²) in [5.74, 6) is 0.0511. The molecule has 0 radical (unpaired) electrons. The highest BCUT2D eigenvalue weighted by molar-refractivity contribution is 5.19. The summed E-state index contributed by atoms with van der Waals surface area (Å²) < 4.78 is 25.1. The van der Waals surface area contributed by atoms with Crippen LogP contribution in [-0.2, 0) is 0 Å². The molecule has 3 heteroatoms. The molecule has 84 valence electrons. The van der Waals surface area contributed by atoms with Gasteiger partial charge in [0.1, 0.15) is 0 Å². The van der Waals surface area contributed by atoms with Crippen molar-refractivity contribution in [2.75, 3.05) is 0 Å². The predicted octanol–water partition coefficient (Wildman–Crippen LogP) is 3.16. The molecule has 2 atom stereocenters. The van der Waals surface area contributed by atoms with E-state index in [2.05, 4.69) is 0 Å². The molecular weight excluding hydrogens is 196 g/mol. The van der Waals surface area contributed by atoms with E-state index in [0.717, 1.165) is 5.56 Å². The molecule has 0 saturated carbocycles. The summed E-state index contributed by atoms with van der Waals surface area (Å²) in [6.07, 6.45) is -2.20. The van der Waals surface area contributed by atoms with Gasteiger partial charge in [-0.15, -0.1) is 0 Å². The van der Waals surface area contributed by atoms with E-state index in [1.807, 2.05) is 37.3 Å². The Morgan fingerprint density at radius 2 is 1.80 bits per heavy atom. The van der Waals surface area contributed by atoms with Crippen LogP contribution in [0.2, 0.25) is 0 Å². The number of alkyl halides is 2. The molecule has 1 aromatic rings.